The number of aliphatic carboxylic acids is 1. The molecule has 0 fully saturated rings. The molecule has 0 amide bonds. The highest BCUT2D eigenvalue weighted by Gasteiger charge is 2.52. The molecule has 1 atom stereocenters. The second-order valence-electron chi connectivity index (χ2n) is 4.89. The van der Waals surface area contributed by atoms with Gasteiger partial charge in [-0.2, -0.15) is 0 Å². The Morgan fingerprint density at radius 1 is 1.09 bits per heavy atom. The quantitative estimate of drug-likeness (QED) is 0.825. The predicted octanol–water partition coefficient (Wildman–Crippen LogP) is 2.43. The molecule has 0 radical (unpaired) electrons. The van der Waals surface area contributed by atoms with Gasteiger partial charge in [0, 0.05) is 11.3 Å². The first kappa shape index (κ1) is 16.0. The number of para-hydroxylation sites is 1. The molecule has 2 rings (SSSR count). The maximum Gasteiger partial charge on any atom is 0.330 e. The molecular formula is C16H17NO4S. The molecule has 2 aromatic carbocycles. The van der Waals surface area contributed by atoms with Gasteiger partial charge in [-0.05, 0) is 24.6 Å². The minimum absolute atomic E-state index is 0.0393. The molecule has 0 saturated heterocycles. The topological polar surface area (TPSA) is 97.5 Å². The molecule has 6 heteroatoms. The van der Waals surface area contributed by atoms with Crippen molar-refractivity contribution in [2.45, 2.75) is 23.0 Å². The summed E-state index contributed by atoms with van der Waals surface area (Å²) >= 11 is 0. The van der Waals surface area contributed by atoms with E-state index in [4.69, 9.17) is 5.73 Å². The van der Waals surface area contributed by atoms with E-state index in [0.29, 0.717) is 0 Å². The summed E-state index contributed by atoms with van der Waals surface area (Å²) in [5.41, 5.74) is 6.10. The zero-order chi connectivity index (χ0) is 16.4. The maximum atomic E-state index is 13.0. The van der Waals surface area contributed by atoms with Crippen molar-refractivity contribution in [3.05, 3.63) is 60.2 Å². The minimum Gasteiger partial charge on any atom is -0.480 e. The fraction of sp³-hybridized carbons (Fsp3) is 0.188. The Labute approximate surface area is 129 Å². The van der Waals surface area contributed by atoms with Crippen LogP contribution in [0.1, 0.15) is 18.9 Å². The summed E-state index contributed by atoms with van der Waals surface area (Å²) in [4.78, 5) is 12.0. The van der Waals surface area contributed by atoms with E-state index in [-0.39, 0.29) is 22.6 Å². The average Bonchev–Trinajstić information content (AvgIpc) is 2.50. The molecule has 22 heavy (non-hydrogen) atoms. The fourth-order valence-electron chi connectivity index (χ4n) is 2.57. The smallest absolute Gasteiger partial charge is 0.330 e. The first-order valence-electron chi connectivity index (χ1n) is 6.76. The number of hydrogen-bond donors (Lipinski definition) is 2. The molecule has 0 bridgehead atoms. The van der Waals surface area contributed by atoms with Crippen LogP contribution >= 0.6 is 0 Å². The van der Waals surface area contributed by atoms with Gasteiger partial charge in [-0.25, -0.2) is 8.42 Å². The van der Waals surface area contributed by atoms with Gasteiger partial charge in [-0.1, -0.05) is 43.3 Å². The van der Waals surface area contributed by atoms with Gasteiger partial charge >= 0.3 is 5.97 Å². The van der Waals surface area contributed by atoms with Gasteiger partial charge in [0.05, 0.1) is 4.90 Å². The number of sulfone groups is 1. The lowest BCUT2D eigenvalue weighted by Gasteiger charge is -2.29. The van der Waals surface area contributed by atoms with E-state index in [0.717, 1.165) is 0 Å². The van der Waals surface area contributed by atoms with E-state index < -0.39 is 20.6 Å². The largest absolute Gasteiger partial charge is 0.480 e. The molecule has 3 N–H and O–H groups in total. The maximum absolute atomic E-state index is 13.0. The van der Waals surface area contributed by atoms with E-state index in [9.17, 15) is 18.3 Å². The van der Waals surface area contributed by atoms with E-state index in [2.05, 4.69) is 0 Å². The Morgan fingerprint density at radius 2 is 1.64 bits per heavy atom. The highest BCUT2D eigenvalue weighted by Crippen LogP contribution is 2.41. The monoisotopic (exact) mass is 319 g/mol. The Bertz CT molecular complexity index is 787. The summed E-state index contributed by atoms with van der Waals surface area (Å²) in [6.07, 6.45) is -0.131. The third kappa shape index (κ3) is 2.25. The summed E-state index contributed by atoms with van der Waals surface area (Å²) in [6, 6.07) is 13.7. The molecular weight excluding hydrogens is 302 g/mol. The summed E-state index contributed by atoms with van der Waals surface area (Å²) in [5.74, 6) is -1.43. The Hall–Kier alpha value is -2.34. The number of nitrogens with two attached hydrogens (primary N) is 1. The van der Waals surface area contributed by atoms with Gasteiger partial charge in [-0.15, -0.1) is 0 Å². The fourth-order valence-corrected chi connectivity index (χ4v) is 4.58. The number of nitrogen functional groups attached to an aromatic ring is 1. The van der Waals surface area contributed by atoms with Crippen molar-refractivity contribution in [2.24, 2.45) is 0 Å². The highest BCUT2D eigenvalue weighted by molar-refractivity contribution is 7.93. The molecule has 0 aliphatic heterocycles. The van der Waals surface area contributed by atoms with Gasteiger partial charge in [0.25, 0.3) is 0 Å². The molecule has 1 unspecified atom stereocenters. The normalized spacial score (nSPS) is 14.2. The second-order valence-corrected chi connectivity index (χ2v) is 7.06. The van der Waals surface area contributed by atoms with Crippen LogP contribution in [0.25, 0.3) is 0 Å². The lowest BCUT2D eigenvalue weighted by atomic mass is 9.94. The molecule has 0 aliphatic rings. The minimum atomic E-state index is -4.17. The number of benzene rings is 2. The SMILES string of the molecule is CCC(C(=O)O)(c1ccccc1N)S(=O)(=O)c1ccccc1. The van der Waals surface area contributed by atoms with E-state index in [1.54, 1.807) is 30.3 Å². The van der Waals surface area contributed by atoms with Crippen LogP contribution in [0.2, 0.25) is 0 Å². The van der Waals surface area contributed by atoms with Crippen LogP contribution in [0.15, 0.2) is 59.5 Å². The van der Waals surface area contributed by atoms with Gasteiger partial charge in [0.2, 0.25) is 0 Å². The standard InChI is InChI=1S/C16H17NO4S/c1-2-16(15(18)19,13-10-6-7-11-14(13)17)22(20,21)12-8-4-3-5-9-12/h3-11H,2,17H2,1H3,(H,18,19). The van der Waals surface area contributed by atoms with Crippen molar-refractivity contribution in [3.63, 3.8) is 0 Å². The van der Waals surface area contributed by atoms with Gasteiger partial charge < -0.3 is 10.8 Å². The van der Waals surface area contributed by atoms with Gasteiger partial charge in [-0.3, -0.25) is 4.79 Å². The zero-order valence-corrected chi connectivity index (χ0v) is 12.9. The highest BCUT2D eigenvalue weighted by atomic mass is 32.2. The summed E-state index contributed by atoms with van der Waals surface area (Å²) < 4.78 is 24.0. The van der Waals surface area contributed by atoms with E-state index >= 15 is 0 Å². The van der Waals surface area contributed by atoms with Crippen molar-refractivity contribution < 1.29 is 18.3 Å². The van der Waals surface area contributed by atoms with Crippen molar-refractivity contribution in [1.29, 1.82) is 0 Å². The first-order valence-corrected chi connectivity index (χ1v) is 8.24. The number of carboxylic acids is 1. The first-order chi connectivity index (χ1) is 10.4. The lowest BCUT2D eigenvalue weighted by molar-refractivity contribution is -0.140. The van der Waals surface area contributed by atoms with E-state index in [1.807, 2.05) is 0 Å². The van der Waals surface area contributed by atoms with Crippen molar-refractivity contribution in [1.82, 2.24) is 0 Å². The van der Waals surface area contributed by atoms with Crippen LogP contribution in [-0.4, -0.2) is 19.5 Å². The van der Waals surface area contributed by atoms with Crippen LogP contribution in [0.4, 0.5) is 5.69 Å². The van der Waals surface area contributed by atoms with Crippen molar-refractivity contribution in [2.75, 3.05) is 5.73 Å². The number of anilines is 1. The molecule has 0 saturated carbocycles. The van der Waals surface area contributed by atoms with Crippen LogP contribution in [-0.2, 0) is 19.4 Å². The average molecular weight is 319 g/mol. The van der Waals surface area contributed by atoms with Gasteiger partial charge in [0.1, 0.15) is 0 Å². The number of hydrogen-bond acceptors (Lipinski definition) is 4. The molecule has 116 valence electrons. The van der Waals surface area contributed by atoms with Crippen molar-refractivity contribution in [3.8, 4) is 0 Å². The summed E-state index contributed by atoms with van der Waals surface area (Å²) in [5, 5.41) is 9.76. The summed E-state index contributed by atoms with van der Waals surface area (Å²) in [6.45, 7) is 1.53. The Kier molecular flexibility index (Phi) is 4.23. The zero-order valence-electron chi connectivity index (χ0n) is 12.1. The predicted molar refractivity (Wildman–Crippen MR) is 84.1 cm³/mol. The molecule has 0 spiro atoms. The third-order valence-corrected chi connectivity index (χ3v) is 6.24. The third-order valence-electron chi connectivity index (χ3n) is 3.75. The Balaban J connectivity index is 2.82. The van der Waals surface area contributed by atoms with Crippen molar-refractivity contribution >= 4 is 21.5 Å². The second kappa shape index (κ2) is 5.81. The van der Waals surface area contributed by atoms with Gasteiger partial charge in [0.15, 0.2) is 14.6 Å². The number of carbonyl (C=O) groups is 1. The Morgan fingerprint density at radius 3 is 2.14 bits per heavy atom. The number of rotatable bonds is 5. The molecule has 0 aliphatic carbocycles. The summed E-state index contributed by atoms with van der Waals surface area (Å²) in [7, 11) is -4.17. The van der Waals surface area contributed by atoms with Crippen LogP contribution < -0.4 is 5.73 Å². The lowest BCUT2D eigenvalue weighted by Crippen LogP contribution is -2.43. The molecule has 0 aromatic heterocycles. The molecule has 0 heterocycles. The van der Waals surface area contributed by atoms with Crippen LogP contribution in [0.3, 0.4) is 0 Å². The van der Waals surface area contributed by atoms with Crippen LogP contribution in [0.5, 0.6) is 0 Å². The molecule has 5 nitrogen and oxygen atoms in total. The molecule has 2 aromatic rings. The van der Waals surface area contributed by atoms with E-state index in [1.165, 1.54) is 31.2 Å². The van der Waals surface area contributed by atoms with Crippen LogP contribution in [0, 0.1) is 0 Å². The number of carboxylic acid groups (broad SMARTS) is 1.